The maximum atomic E-state index is 13.1. The molecule has 0 heterocycles. The molecule has 0 atom stereocenters. The van der Waals surface area contributed by atoms with Crippen LogP contribution in [-0.2, 0) is 16.6 Å². The quantitative estimate of drug-likeness (QED) is 0.593. The number of hydrogen-bond acceptors (Lipinski definition) is 3. The van der Waals surface area contributed by atoms with Crippen molar-refractivity contribution in [1.29, 1.82) is 0 Å². The van der Waals surface area contributed by atoms with Crippen molar-refractivity contribution in [3.63, 3.8) is 0 Å². The summed E-state index contributed by atoms with van der Waals surface area (Å²) in [4.78, 5) is 14.3. The van der Waals surface area contributed by atoms with Gasteiger partial charge in [-0.1, -0.05) is 35.9 Å². The Morgan fingerprint density at radius 1 is 0.933 bits per heavy atom. The van der Waals surface area contributed by atoms with Gasteiger partial charge < -0.3 is 4.90 Å². The van der Waals surface area contributed by atoms with Crippen molar-refractivity contribution in [2.24, 2.45) is 0 Å². The van der Waals surface area contributed by atoms with Crippen LogP contribution in [0.4, 0.5) is 10.1 Å². The maximum absolute atomic E-state index is 13.1. The summed E-state index contributed by atoms with van der Waals surface area (Å²) >= 11 is 0. The van der Waals surface area contributed by atoms with Gasteiger partial charge in [0.25, 0.3) is 15.9 Å². The molecule has 3 aromatic carbocycles. The summed E-state index contributed by atoms with van der Waals surface area (Å²) in [7, 11) is -0.732. The minimum atomic E-state index is -3.83. The fraction of sp³-hybridized carbons (Fsp3) is 0.174. The first-order chi connectivity index (χ1) is 14.2. The summed E-state index contributed by atoms with van der Waals surface area (Å²) in [5, 5.41) is 0. The number of rotatable bonds is 6. The smallest absolute Gasteiger partial charge is 0.264 e. The third-order valence-electron chi connectivity index (χ3n) is 4.82. The number of hydrogen-bond donors (Lipinski definition) is 0. The molecule has 3 aromatic rings. The highest BCUT2D eigenvalue weighted by Crippen LogP contribution is 2.23. The molecule has 0 unspecified atom stereocenters. The fourth-order valence-corrected chi connectivity index (χ4v) is 4.24. The predicted molar refractivity (Wildman–Crippen MR) is 115 cm³/mol. The maximum Gasteiger partial charge on any atom is 0.264 e. The van der Waals surface area contributed by atoms with E-state index in [4.69, 9.17) is 0 Å². The standard InChI is InChI=1S/C23H23FN2O3S/c1-17-7-13-21(14-8-17)26(3)30(28,29)22-6-4-5-19(15-22)23(27)25(2)16-18-9-11-20(24)12-10-18/h4-15H,16H2,1-3H3. The van der Waals surface area contributed by atoms with Gasteiger partial charge >= 0.3 is 0 Å². The normalized spacial score (nSPS) is 11.2. The van der Waals surface area contributed by atoms with E-state index in [2.05, 4.69) is 0 Å². The predicted octanol–water partition coefficient (Wildman–Crippen LogP) is 4.23. The van der Waals surface area contributed by atoms with Gasteiger partial charge in [-0.15, -0.1) is 0 Å². The summed E-state index contributed by atoms with van der Waals surface area (Å²) in [5.41, 5.74) is 2.60. The molecular formula is C23H23FN2O3S. The Hall–Kier alpha value is -3.19. The highest BCUT2D eigenvalue weighted by atomic mass is 32.2. The van der Waals surface area contributed by atoms with E-state index < -0.39 is 10.0 Å². The van der Waals surface area contributed by atoms with Crippen LogP contribution in [-0.4, -0.2) is 33.3 Å². The van der Waals surface area contributed by atoms with Crippen LogP contribution in [0.1, 0.15) is 21.5 Å². The molecule has 0 aliphatic heterocycles. The van der Waals surface area contributed by atoms with Gasteiger partial charge in [-0.2, -0.15) is 0 Å². The van der Waals surface area contributed by atoms with Gasteiger partial charge in [0.2, 0.25) is 0 Å². The molecule has 156 valence electrons. The summed E-state index contributed by atoms with van der Waals surface area (Å²) < 4.78 is 40.4. The first-order valence-electron chi connectivity index (χ1n) is 9.34. The summed E-state index contributed by atoms with van der Waals surface area (Å²) in [5.74, 6) is -0.669. The summed E-state index contributed by atoms with van der Waals surface area (Å²) in [6.45, 7) is 2.20. The molecule has 7 heteroatoms. The first kappa shape index (κ1) is 21.5. The van der Waals surface area contributed by atoms with Crippen molar-refractivity contribution in [3.05, 3.63) is 95.3 Å². The molecule has 0 spiro atoms. The monoisotopic (exact) mass is 426 g/mol. The molecule has 5 nitrogen and oxygen atoms in total. The lowest BCUT2D eigenvalue weighted by atomic mass is 10.1. The highest BCUT2D eigenvalue weighted by molar-refractivity contribution is 7.92. The molecule has 30 heavy (non-hydrogen) atoms. The number of carbonyl (C=O) groups excluding carboxylic acids is 1. The largest absolute Gasteiger partial charge is 0.337 e. The summed E-state index contributed by atoms with van der Waals surface area (Å²) in [6.07, 6.45) is 0. The van der Waals surface area contributed by atoms with Gasteiger partial charge in [0.05, 0.1) is 10.6 Å². The van der Waals surface area contributed by atoms with Crippen LogP contribution < -0.4 is 4.31 Å². The number of halogens is 1. The molecule has 0 bridgehead atoms. The van der Waals surface area contributed by atoms with Crippen LogP contribution >= 0.6 is 0 Å². The zero-order chi connectivity index (χ0) is 21.9. The number of aryl methyl sites for hydroxylation is 1. The molecule has 0 aliphatic rings. The number of amides is 1. The van der Waals surface area contributed by atoms with Crippen molar-refractivity contribution >= 4 is 21.6 Å². The van der Waals surface area contributed by atoms with Crippen molar-refractivity contribution in [3.8, 4) is 0 Å². The molecule has 0 fully saturated rings. The lowest BCUT2D eigenvalue weighted by Crippen LogP contribution is -2.28. The average Bonchev–Trinajstić information content (AvgIpc) is 2.75. The van der Waals surface area contributed by atoms with E-state index in [1.54, 1.807) is 43.4 Å². The number of nitrogens with zero attached hydrogens (tertiary/aromatic N) is 2. The lowest BCUT2D eigenvalue weighted by molar-refractivity contribution is 0.0785. The summed E-state index contributed by atoms with van der Waals surface area (Å²) in [6, 6.07) is 19.0. The van der Waals surface area contributed by atoms with Crippen LogP contribution in [0.25, 0.3) is 0 Å². The molecule has 0 aliphatic carbocycles. The number of sulfonamides is 1. The zero-order valence-corrected chi connectivity index (χ0v) is 17.9. The molecule has 3 rings (SSSR count). The van der Waals surface area contributed by atoms with Crippen molar-refractivity contribution in [1.82, 2.24) is 4.90 Å². The Kier molecular flexibility index (Phi) is 6.22. The van der Waals surface area contributed by atoms with Crippen molar-refractivity contribution in [2.45, 2.75) is 18.4 Å². The van der Waals surface area contributed by atoms with Crippen molar-refractivity contribution < 1.29 is 17.6 Å². The fourth-order valence-electron chi connectivity index (χ4n) is 3.00. The second-order valence-corrected chi connectivity index (χ2v) is 9.09. The molecule has 0 N–H and O–H groups in total. The Labute approximate surface area is 176 Å². The Morgan fingerprint density at radius 3 is 2.20 bits per heavy atom. The topological polar surface area (TPSA) is 57.7 Å². The van der Waals surface area contributed by atoms with Gasteiger partial charge in [-0.05, 0) is 55.0 Å². The van der Waals surface area contributed by atoms with E-state index in [0.29, 0.717) is 5.69 Å². The third-order valence-corrected chi connectivity index (χ3v) is 6.60. The van der Waals surface area contributed by atoms with Gasteiger partial charge in [0.1, 0.15) is 5.82 Å². The van der Waals surface area contributed by atoms with E-state index in [-0.39, 0.29) is 28.7 Å². The molecular weight excluding hydrogens is 403 g/mol. The van der Waals surface area contributed by atoms with Crippen LogP contribution in [0, 0.1) is 12.7 Å². The van der Waals surface area contributed by atoms with Gasteiger partial charge in [-0.25, -0.2) is 12.8 Å². The van der Waals surface area contributed by atoms with E-state index in [9.17, 15) is 17.6 Å². The number of anilines is 1. The second-order valence-electron chi connectivity index (χ2n) is 7.12. The third kappa shape index (κ3) is 4.68. The Bertz CT molecular complexity index is 1140. The van der Waals surface area contributed by atoms with E-state index >= 15 is 0 Å². The van der Waals surface area contributed by atoms with Gasteiger partial charge in [0, 0.05) is 26.2 Å². The molecule has 1 amide bonds. The van der Waals surface area contributed by atoms with E-state index in [0.717, 1.165) is 11.1 Å². The van der Waals surface area contributed by atoms with Crippen LogP contribution in [0.3, 0.4) is 0 Å². The molecule has 0 saturated carbocycles. The minimum Gasteiger partial charge on any atom is -0.337 e. The van der Waals surface area contributed by atoms with Crippen LogP contribution in [0.2, 0.25) is 0 Å². The molecule has 0 aromatic heterocycles. The number of benzene rings is 3. The lowest BCUT2D eigenvalue weighted by Gasteiger charge is -2.21. The molecule has 0 saturated heterocycles. The van der Waals surface area contributed by atoms with E-state index in [1.165, 1.54) is 40.5 Å². The van der Waals surface area contributed by atoms with E-state index in [1.807, 2.05) is 19.1 Å². The highest BCUT2D eigenvalue weighted by Gasteiger charge is 2.23. The van der Waals surface area contributed by atoms with Gasteiger partial charge in [-0.3, -0.25) is 9.10 Å². The second kappa shape index (κ2) is 8.67. The van der Waals surface area contributed by atoms with Gasteiger partial charge in [0.15, 0.2) is 0 Å². The Balaban J connectivity index is 1.82. The van der Waals surface area contributed by atoms with Crippen molar-refractivity contribution in [2.75, 3.05) is 18.4 Å². The Morgan fingerprint density at radius 2 is 1.57 bits per heavy atom. The van der Waals surface area contributed by atoms with Crippen LogP contribution in [0.5, 0.6) is 0 Å². The zero-order valence-electron chi connectivity index (χ0n) is 17.0. The minimum absolute atomic E-state index is 0.0339. The van der Waals surface area contributed by atoms with Crippen LogP contribution in [0.15, 0.2) is 77.7 Å². The molecule has 0 radical (unpaired) electrons. The average molecular weight is 427 g/mol. The SMILES string of the molecule is Cc1ccc(N(C)S(=O)(=O)c2cccc(C(=O)N(C)Cc3ccc(F)cc3)c2)cc1. The number of carbonyl (C=O) groups is 1. The first-order valence-corrected chi connectivity index (χ1v) is 10.8.